The quantitative estimate of drug-likeness (QED) is 0.474. The fourth-order valence-corrected chi connectivity index (χ4v) is 2.02. The highest BCUT2D eigenvalue weighted by Crippen LogP contribution is 2.23. The SMILES string of the molecule is CCCC/C(O)=C(/C(=O)OCC)N(C)c1cccc(C#N)c1. The molecule has 1 aromatic rings. The smallest absolute Gasteiger partial charge is 0.358 e. The minimum absolute atomic E-state index is 0.00478. The standard InChI is InChI=1S/C17H22N2O3/c1-4-6-10-15(20)16(17(21)22-5-2)19(3)14-9-7-8-13(11-14)12-18/h7-9,11,20H,4-6,10H2,1-3H3/b16-15+. The molecule has 0 radical (unpaired) electrons. The van der Waals surface area contributed by atoms with Gasteiger partial charge in [0.1, 0.15) is 5.76 Å². The van der Waals surface area contributed by atoms with Crippen LogP contribution in [0.5, 0.6) is 0 Å². The van der Waals surface area contributed by atoms with E-state index in [0.717, 1.165) is 12.8 Å². The molecular formula is C17H22N2O3. The molecule has 0 aliphatic carbocycles. The molecular weight excluding hydrogens is 280 g/mol. The average Bonchev–Trinajstić information content (AvgIpc) is 2.53. The third-order valence-electron chi connectivity index (χ3n) is 3.21. The van der Waals surface area contributed by atoms with Gasteiger partial charge in [-0.1, -0.05) is 19.4 Å². The van der Waals surface area contributed by atoms with Crippen LogP contribution in [0.15, 0.2) is 35.7 Å². The lowest BCUT2D eigenvalue weighted by molar-refractivity contribution is -0.138. The van der Waals surface area contributed by atoms with Crippen molar-refractivity contribution in [2.75, 3.05) is 18.6 Å². The number of unbranched alkanes of at least 4 members (excludes halogenated alkanes) is 1. The highest BCUT2D eigenvalue weighted by Gasteiger charge is 2.22. The van der Waals surface area contributed by atoms with Gasteiger partial charge in [-0.3, -0.25) is 0 Å². The molecule has 0 bridgehead atoms. The number of anilines is 1. The largest absolute Gasteiger partial charge is 0.510 e. The third-order valence-corrected chi connectivity index (χ3v) is 3.21. The molecule has 0 fully saturated rings. The molecule has 0 saturated heterocycles. The van der Waals surface area contributed by atoms with Crippen molar-refractivity contribution in [1.82, 2.24) is 0 Å². The predicted octanol–water partition coefficient (Wildman–Crippen LogP) is 3.52. The first kappa shape index (κ1) is 17.6. The Morgan fingerprint density at radius 3 is 2.73 bits per heavy atom. The van der Waals surface area contributed by atoms with E-state index < -0.39 is 5.97 Å². The summed E-state index contributed by atoms with van der Waals surface area (Å²) >= 11 is 0. The van der Waals surface area contributed by atoms with E-state index in [-0.39, 0.29) is 18.1 Å². The lowest BCUT2D eigenvalue weighted by Gasteiger charge is -2.23. The van der Waals surface area contributed by atoms with E-state index in [4.69, 9.17) is 10.00 Å². The van der Waals surface area contributed by atoms with Gasteiger partial charge in [-0.05, 0) is 31.5 Å². The molecule has 0 spiro atoms. The molecule has 1 rings (SSSR count). The maximum absolute atomic E-state index is 12.2. The molecule has 0 heterocycles. The van der Waals surface area contributed by atoms with E-state index in [1.165, 1.54) is 0 Å². The third kappa shape index (κ3) is 4.52. The Bertz CT molecular complexity index is 588. The number of aliphatic hydroxyl groups is 1. The normalized spacial score (nSPS) is 11.4. The zero-order chi connectivity index (χ0) is 16.5. The summed E-state index contributed by atoms with van der Waals surface area (Å²) in [6.07, 6.45) is 2.10. The second-order valence-corrected chi connectivity index (χ2v) is 4.84. The molecule has 0 unspecified atom stereocenters. The number of hydrogen-bond donors (Lipinski definition) is 1. The van der Waals surface area contributed by atoms with Crippen LogP contribution in [-0.4, -0.2) is 24.7 Å². The summed E-state index contributed by atoms with van der Waals surface area (Å²) in [6.45, 7) is 3.96. The van der Waals surface area contributed by atoms with Crippen LogP contribution in [-0.2, 0) is 9.53 Å². The Hall–Kier alpha value is -2.48. The maximum Gasteiger partial charge on any atom is 0.358 e. The van der Waals surface area contributed by atoms with Gasteiger partial charge in [-0.25, -0.2) is 4.79 Å². The number of likely N-dealkylation sites (N-methyl/N-ethyl adjacent to an activating group) is 1. The zero-order valence-corrected chi connectivity index (χ0v) is 13.3. The highest BCUT2D eigenvalue weighted by atomic mass is 16.5. The summed E-state index contributed by atoms with van der Waals surface area (Å²) in [7, 11) is 1.67. The van der Waals surface area contributed by atoms with Crippen molar-refractivity contribution >= 4 is 11.7 Å². The van der Waals surface area contributed by atoms with E-state index in [2.05, 4.69) is 6.07 Å². The molecule has 1 aromatic carbocycles. The van der Waals surface area contributed by atoms with Gasteiger partial charge in [-0.15, -0.1) is 0 Å². The number of allylic oxidation sites excluding steroid dienone is 1. The van der Waals surface area contributed by atoms with Gasteiger partial charge in [0.25, 0.3) is 0 Å². The van der Waals surface area contributed by atoms with Crippen LogP contribution >= 0.6 is 0 Å². The monoisotopic (exact) mass is 302 g/mol. The molecule has 5 heteroatoms. The van der Waals surface area contributed by atoms with Crippen LogP contribution in [0, 0.1) is 11.3 Å². The van der Waals surface area contributed by atoms with Gasteiger partial charge >= 0.3 is 5.97 Å². The molecule has 5 nitrogen and oxygen atoms in total. The van der Waals surface area contributed by atoms with Gasteiger partial charge in [0.15, 0.2) is 5.70 Å². The van der Waals surface area contributed by atoms with Crippen LogP contribution in [0.25, 0.3) is 0 Å². The van der Waals surface area contributed by atoms with E-state index in [0.29, 0.717) is 17.7 Å². The second kappa shape index (κ2) is 8.73. The summed E-state index contributed by atoms with van der Waals surface area (Å²) in [6, 6.07) is 8.90. The molecule has 1 N–H and O–H groups in total. The topological polar surface area (TPSA) is 73.6 Å². The molecule has 0 saturated carbocycles. The van der Waals surface area contributed by atoms with Gasteiger partial charge in [0, 0.05) is 19.2 Å². The van der Waals surface area contributed by atoms with Crippen molar-refractivity contribution in [2.24, 2.45) is 0 Å². The number of nitrogens with zero attached hydrogens (tertiary/aromatic N) is 2. The maximum atomic E-state index is 12.2. The minimum atomic E-state index is -0.569. The van der Waals surface area contributed by atoms with Crippen LogP contribution in [0.1, 0.15) is 38.7 Å². The van der Waals surface area contributed by atoms with Gasteiger partial charge in [0.05, 0.1) is 18.2 Å². The van der Waals surface area contributed by atoms with Crippen molar-refractivity contribution < 1.29 is 14.6 Å². The van der Waals surface area contributed by atoms with E-state index in [1.54, 1.807) is 43.1 Å². The number of nitriles is 1. The van der Waals surface area contributed by atoms with Crippen LogP contribution in [0.2, 0.25) is 0 Å². The van der Waals surface area contributed by atoms with E-state index in [1.807, 2.05) is 6.92 Å². The van der Waals surface area contributed by atoms with Crippen molar-refractivity contribution in [3.05, 3.63) is 41.3 Å². The first-order valence-corrected chi connectivity index (χ1v) is 7.38. The fourth-order valence-electron chi connectivity index (χ4n) is 2.02. The average molecular weight is 302 g/mol. The lowest BCUT2D eigenvalue weighted by Crippen LogP contribution is -2.27. The van der Waals surface area contributed by atoms with Crippen LogP contribution in [0.3, 0.4) is 0 Å². The number of aliphatic hydroxyl groups excluding tert-OH is 1. The molecule has 0 amide bonds. The van der Waals surface area contributed by atoms with Gasteiger partial charge in [0.2, 0.25) is 0 Å². The Morgan fingerprint density at radius 2 is 2.14 bits per heavy atom. The van der Waals surface area contributed by atoms with E-state index in [9.17, 15) is 9.90 Å². The van der Waals surface area contributed by atoms with E-state index >= 15 is 0 Å². The summed E-state index contributed by atoms with van der Waals surface area (Å²) in [5.41, 5.74) is 1.25. The lowest BCUT2D eigenvalue weighted by atomic mass is 10.1. The fraction of sp³-hybridized carbons (Fsp3) is 0.412. The predicted molar refractivity (Wildman–Crippen MR) is 85.4 cm³/mol. The first-order valence-electron chi connectivity index (χ1n) is 7.38. The number of rotatable bonds is 7. The first-order chi connectivity index (χ1) is 10.5. The summed E-state index contributed by atoms with van der Waals surface area (Å²) in [5, 5.41) is 19.2. The summed E-state index contributed by atoms with van der Waals surface area (Å²) in [5.74, 6) is -0.564. The minimum Gasteiger partial charge on any atom is -0.510 e. The molecule has 0 aliphatic heterocycles. The van der Waals surface area contributed by atoms with Crippen molar-refractivity contribution in [3.63, 3.8) is 0 Å². The Morgan fingerprint density at radius 1 is 1.41 bits per heavy atom. The van der Waals surface area contributed by atoms with Crippen molar-refractivity contribution in [2.45, 2.75) is 33.1 Å². The number of ether oxygens (including phenoxy) is 1. The molecule has 0 atom stereocenters. The van der Waals surface area contributed by atoms with Gasteiger partial charge < -0.3 is 14.7 Å². The number of carbonyl (C=O) groups excluding carboxylic acids is 1. The zero-order valence-electron chi connectivity index (χ0n) is 13.3. The number of esters is 1. The molecule has 118 valence electrons. The number of benzene rings is 1. The van der Waals surface area contributed by atoms with Gasteiger partial charge in [-0.2, -0.15) is 5.26 Å². The Kier molecular flexibility index (Phi) is 6.97. The number of carbonyl (C=O) groups is 1. The van der Waals surface area contributed by atoms with Crippen LogP contribution < -0.4 is 4.90 Å². The highest BCUT2D eigenvalue weighted by molar-refractivity contribution is 5.93. The summed E-state index contributed by atoms with van der Waals surface area (Å²) in [4.78, 5) is 13.7. The Labute approximate surface area is 131 Å². The van der Waals surface area contributed by atoms with Crippen molar-refractivity contribution in [3.8, 4) is 6.07 Å². The Balaban J connectivity index is 3.19. The summed E-state index contributed by atoms with van der Waals surface area (Å²) < 4.78 is 5.04. The second-order valence-electron chi connectivity index (χ2n) is 4.84. The molecule has 0 aliphatic rings. The number of hydrogen-bond acceptors (Lipinski definition) is 5. The van der Waals surface area contributed by atoms with Crippen LogP contribution in [0.4, 0.5) is 5.69 Å². The molecule has 0 aromatic heterocycles. The van der Waals surface area contributed by atoms with Crippen molar-refractivity contribution in [1.29, 1.82) is 5.26 Å². The molecule has 22 heavy (non-hydrogen) atoms.